The molecule has 2 aromatic carbocycles. The number of rotatable bonds is 10. The number of nitrogens with two attached hydrogens (primary N) is 1. The van der Waals surface area contributed by atoms with Crippen LogP contribution in [0.4, 0.5) is 5.69 Å². The van der Waals surface area contributed by atoms with Gasteiger partial charge in [-0.15, -0.1) is 11.3 Å². The standard InChI is InChI=1S/C23H27N3S/c24-23(22-13-7-17-27-22)26-21-12-6-11-20(18-21)14-16-25-15-5-4-10-19-8-2-1-3-9-19/h1-3,6-9,11-13,17-18,25H,4-5,10,14-16H2,(H2,24,26). The van der Waals surface area contributed by atoms with E-state index in [2.05, 4.69) is 58.8 Å². The molecule has 0 saturated heterocycles. The van der Waals surface area contributed by atoms with Crippen molar-refractivity contribution in [2.24, 2.45) is 10.7 Å². The summed E-state index contributed by atoms with van der Waals surface area (Å²) < 4.78 is 0. The van der Waals surface area contributed by atoms with Gasteiger partial charge in [0.15, 0.2) is 0 Å². The summed E-state index contributed by atoms with van der Waals surface area (Å²) in [7, 11) is 0. The Morgan fingerprint density at radius 3 is 2.52 bits per heavy atom. The summed E-state index contributed by atoms with van der Waals surface area (Å²) in [6.45, 7) is 2.05. The second-order valence-corrected chi connectivity index (χ2v) is 7.53. The highest BCUT2D eigenvalue weighted by Crippen LogP contribution is 2.17. The molecule has 0 unspecified atom stereocenters. The van der Waals surface area contributed by atoms with Crippen molar-refractivity contribution in [3.05, 3.63) is 88.1 Å². The highest BCUT2D eigenvalue weighted by molar-refractivity contribution is 7.12. The van der Waals surface area contributed by atoms with E-state index in [9.17, 15) is 0 Å². The number of aliphatic imine (C=N–C) groups is 1. The highest BCUT2D eigenvalue weighted by Gasteiger charge is 2.01. The van der Waals surface area contributed by atoms with Crippen LogP contribution in [-0.2, 0) is 12.8 Å². The Morgan fingerprint density at radius 2 is 1.70 bits per heavy atom. The lowest BCUT2D eigenvalue weighted by molar-refractivity contribution is 0.622. The Morgan fingerprint density at radius 1 is 0.852 bits per heavy atom. The number of aryl methyl sites for hydroxylation is 1. The summed E-state index contributed by atoms with van der Waals surface area (Å²) in [6.07, 6.45) is 4.59. The Hall–Kier alpha value is -2.43. The SMILES string of the molecule is NC(=Nc1cccc(CCNCCCCc2ccccc2)c1)c1cccs1. The molecule has 0 amide bonds. The first-order chi connectivity index (χ1) is 13.3. The largest absolute Gasteiger partial charge is 0.383 e. The quantitative estimate of drug-likeness (QED) is 0.299. The van der Waals surface area contributed by atoms with Crippen molar-refractivity contribution < 1.29 is 0 Å². The topological polar surface area (TPSA) is 50.4 Å². The first kappa shape index (κ1) is 19.3. The summed E-state index contributed by atoms with van der Waals surface area (Å²) in [5, 5.41) is 5.56. The van der Waals surface area contributed by atoms with E-state index in [1.54, 1.807) is 11.3 Å². The van der Waals surface area contributed by atoms with Gasteiger partial charge in [0.1, 0.15) is 5.84 Å². The molecule has 3 rings (SSSR count). The number of benzene rings is 2. The molecule has 0 bridgehead atoms. The summed E-state index contributed by atoms with van der Waals surface area (Å²) in [5.74, 6) is 0.582. The number of thiophene rings is 1. The van der Waals surface area contributed by atoms with E-state index >= 15 is 0 Å². The highest BCUT2D eigenvalue weighted by atomic mass is 32.1. The smallest absolute Gasteiger partial charge is 0.141 e. The van der Waals surface area contributed by atoms with Gasteiger partial charge in [0.25, 0.3) is 0 Å². The third-order valence-corrected chi connectivity index (χ3v) is 5.33. The minimum Gasteiger partial charge on any atom is -0.383 e. The number of hydrogen-bond acceptors (Lipinski definition) is 3. The molecule has 3 N–H and O–H groups in total. The maximum atomic E-state index is 6.08. The summed E-state index contributed by atoms with van der Waals surface area (Å²) in [6, 6.07) is 23.0. The molecule has 0 aliphatic rings. The van der Waals surface area contributed by atoms with Gasteiger partial charge in [-0.25, -0.2) is 4.99 Å². The second-order valence-electron chi connectivity index (χ2n) is 6.59. The van der Waals surface area contributed by atoms with Crippen LogP contribution >= 0.6 is 11.3 Å². The normalized spacial score (nSPS) is 11.6. The summed E-state index contributed by atoms with van der Waals surface area (Å²) >= 11 is 1.61. The molecule has 1 aromatic heterocycles. The maximum Gasteiger partial charge on any atom is 0.141 e. The van der Waals surface area contributed by atoms with E-state index in [0.29, 0.717) is 5.84 Å². The minimum atomic E-state index is 0.582. The molecule has 0 radical (unpaired) electrons. The van der Waals surface area contributed by atoms with E-state index < -0.39 is 0 Å². The molecule has 3 nitrogen and oxygen atoms in total. The van der Waals surface area contributed by atoms with Gasteiger partial charge in [-0.3, -0.25) is 0 Å². The number of unbranched alkanes of at least 4 members (excludes halogenated alkanes) is 1. The van der Waals surface area contributed by atoms with Crippen LogP contribution in [0.25, 0.3) is 0 Å². The van der Waals surface area contributed by atoms with Crippen LogP contribution in [0, 0.1) is 0 Å². The number of nitrogens with one attached hydrogen (secondary N) is 1. The average Bonchev–Trinajstić information content (AvgIpc) is 3.23. The monoisotopic (exact) mass is 377 g/mol. The van der Waals surface area contributed by atoms with Crippen molar-refractivity contribution in [1.29, 1.82) is 0 Å². The van der Waals surface area contributed by atoms with Gasteiger partial charge in [0.05, 0.1) is 10.6 Å². The Bertz CT molecular complexity index is 826. The zero-order valence-electron chi connectivity index (χ0n) is 15.6. The third-order valence-electron chi connectivity index (χ3n) is 4.44. The van der Waals surface area contributed by atoms with Crippen molar-refractivity contribution in [2.45, 2.75) is 25.7 Å². The third kappa shape index (κ3) is 6.66. The second kappa shape index (κ2) is 10.7. The molecule has 140 valence electrons. The van der Waals surface area contributed by atoms with Gasteiger partial charge in [0.2, 0.25) is 0 Å². The van der Waals surface area contributed by atoms with Gasteiger partial charge in [-0.2, -0.15) is 0 Å². The molecule has 4 heteroatoms. The lowest BCUT2D eigenvalue weighted by Gasteiger charge is -2.06. The molecule has 0 aliphatic carbocycles. The fraction of sp³-hybridized carbons (Fsp3) is 0.261. The Balaban J connectivity index is 1.37. The van der Waals surface area contributed by atoms with Crippen molar-refractivity contribution in [2.75, 3.05) is 13.1 Å². The van der Waals surface area contributed by atoms with Crippen LogP contribution in [0.5, 0.6) is 0 Å². The van der Waals surface area contributed by atoms with E-state index in [4.69, 9.17) is 5.73 Å². The Kier molecular flexibility index (Phi) is 7.63. The van der Waals surface area contributed by atoms with Crippen LogP contribution in [0.2, 0.25) is 0 Å². The first-order valence-electron chi connectivity index (χ1n) is 9.53. The van der Waals surface area contributed by atoms with Gasteiger partial charge in [0, 0.05) is 0 Å². The van der Waals surface area contributed by atoms with Crippen molar-refractivity contribution in [3.8, 4) is 0 Å². The number of amidine groups is 1. The number of nitrogens with zero attached hydrogens (tertiary/aromatic N) is 1. The summed E-state index contributed by atoms with van der Waals surface area (Å²) in [5.41, 5.74) is 9.71. The molecule has 1 heterocycles. The van der Waals surface area contributed by atoms with Crippen LogP contribution in [0.15, 0.2) is 77.1 Å². The van der Waals surface area contributed by atoms with E-state index in [1.807, 2.05) is 23.6 Å². The maximum absolute atomic E-state index is 6.08. The fourth-order valence-electron chi connectivity index (χ4n) is 2.98. The molecule has 0 fully saturated rings. The zero-order chi connectivity index (χ0) is 18.7. The van der Waals surface area contributed by atoms with Gasteiger partial charge < -0.3 is 11.1 Å². The van der Waals surface area contributed by atoms with Gasteiger partial charge in [-0.1, -0.05) is 48.5 Å². The molecule has 0 atom stereocenters. The van der Waals surface area contributed by atoms with Crippen molar-refractivity contribution in [1.82, 2.24) is 5.32 Å². The zero-order valence-corrected chi connectivity index (χ0v) is 16.4. The van der Waals surface area contributed by atoms with Crippen molar-refractivity contribution >= 4 is 22.9 Å². The van der Waals surface area contributed by atoms with E-state index in [-0.39, 0.29) is 0 Å². The molecular formula is C23H27N3S. The van der Waals surface area contributed by atoms with Crippen LogP contribution in [0.1, 0.15) is 28.8 Å². The molecule has 0 aliphatic heterocycles. The Labute approximate surface area is 166 Å². The molecule has 0 spiro atoms. The van der Waals surface area contributed by atoms with E-state index in [0.717, 1.165) is 36.5 Å². The first-order valence-corrected chi connectivity index (χ1v) is 10.4. The number of hydrogen-bond donors (Lipinski definition) is 2. The molecular weight excluding hydrogens is 350 g/mol. The molecule has 0 saturated carbocycles. The lowest BCUT2D eigenvalue weighted by atomic mass is 10.1. The van der Waals surface area contributed by atoms with Crippen molar-refractivity contribution in [3.63, 3.8) is 0 Å². The van der Waals surface area contributed by atoms with Gasteiger partial charge in [-0.05, 0) is 73.5 Å². The summed E-state index contributed by atoms with van der Waals surface area (Å²) in [4.78, 5) is 5.56. The molecule has 3 aromatic rings. The van der Waals surface area contributed by atoms with Gasteiger partial charge >= 0.3 is 0 Å². The lowest BCUT2D eigenvalue weighted by Crippen LogP contribution is -2.18. The predicted octanol–water partition coefficient (Wildman–Crippen LogP) is 4.94. The predicted molar refractivity (Wildman–Crippen MR) is 117 cm³/mol. The van der Waals surface area contributed by atoms with Crippen LogP contribution < -0.4 is 11.1 Å². The van der Waals surface area contributed by atoms with E-state index in [1.165, 1.54) is 24.0 Å². The minimum absolute atomic E-state index is 0.582. The fourth-order valence-corrected chi connectivity index (χ4v) is 3.61. The van der Waals surface area contributed by atoms with Crippen LogP contribution in [-0.4, -0.2) is 18.9 Å². The molecule has 27 heavy (non-hydrogen) atoms. The average molecular weight is 378 g/mol. The van der Waals surface area contributed by atoms with Crippen LogP contribution in [0.3, 0.4) is 0 Å².